The van der Waals surface area contributed by atoms with Crippen LogP contribution in [0.4, 0.5) is 5.69 Å². The fourth-order valence-corrected chi connectivity index (χ4v) is 3.80. The first kappa shape index (κ1) is 24.6. The number of hydrogen-bond acceptors (Lipinski definition) is 4. The van der Waals surface area contributed by atoms with Crippen molar-refractivity contribution in [2.24, 2.45) is 0 Å². The highest BCUT2D eigenvalue weighted by Gasteiger charge is 2.15. The summed E-state index contributed by atoms with van der Waals surface area (Å²) in [6, 6.07) is 20.7. The first-order chi connectivity index (χ1) is 15.9. The zero-order chi connectivity index (χ0) is 23.8. The number of nitrogens with one attached hydrogen (secondary N) is 1. The smallest absolute Gasteiger partial charge is 0.266 e. The van der Waals surface area contributed by atoms with Gasteiger partial charge in [-0.05, 0) is 83.4 Å². The number of nitrogens with zero attached hydrogens (tertiary/aromatic N) is 1. The Kier molecular flexibility index (Phi) is 8.70. The van der Waals surface area contributed by atoms with Crippen molar-refractivity contribution in [3.05, 3.63) is 91.9 Å². The molecule has 0 saturated carbocycles. The zero-order valence-corrected chi connectivity index (χ0v) is 21.4. The molecule has 168 valence electrons. The van der Waals surface area contributed by atoms with E-state index in [0.717, 1.165) is 10.0 Å². The standard InChI is InChI=1S/C26H22Br2N2O3/c1-3-32-24-14-19(12-20(15-29)26(31)30-22-10-8-21(27)9-11-22)13-23(28)25(24)33-16-18-6-4-17(2)5-7-18/h4-14H,3,16H2,1-2H3,(H,30,31)/b20-12+. The molecule has 0 atom stereocenters. The minimum absolute atomic E-state index is 0.0272. The Morgan fingerprint density at radius 2 is 1.76 bits per heavy atom. The molecule has 0 bridgehead atoms. The number of amides is 1. The molecule has 5 nitrogen and oxygen atoms in total. The van der Waals surface area contributed by atoms with E-state index in [1.165, 1.54) is 11.6 Å². The maximum Gasteiger partial charge on any atom is 0.266 e. The molecule has 7 heteroatoms. The van der Waals surface area contributed by atoms with Gasteiger partial charge in [0.15, 0.2) is 11.5 Å². The van der Waals surface area contributed by atoms with Gasteiger partial charge < -0.3 is 14.8 Å². The van der Waals surface area contributed by atoms with Crippen molar-refractivity contribution in [1.82, 2.24) is 0 Å². The van der Waals surface area contributed by atoms with Gasteiger partial charge in [-0.25, -0.2) is 0 Å². The molecule has 0 radical (unpaired) electrons. The average Bonchev–Trinajstić information content (AvgIpc) is 2.79. The van der Waals surface area contributed by atoms with Crippen molar-refractivity contribution in [2.45, 2.75) is 20.5 Å². The van der Waals surface area contributed by atoms with Crippen LogP contribution in [0.1, 0.15) is 23.6 Å². The lowest BCUT2D eigenvalue weighted by molar-refractivity contribution is -0.112. The molecule has 33 heavy (non-hydrogen) atoms. The lowest BCUT2D eigenvalue weighted by Crippen LogP contribution is -2.13. The normalized spacial score (nSPS) is 10.9. The second-order valence-electron chi connectivity index (χ2n) is 7.17. The summed E-state index contributed by atoms with van der Waals surface area (Å²) < 4.78 is 13.4. The monoisotopic (exact) mass is 568 g/mol. The number of halogens is 2. The second-order valence-corrected chi connectivity index (χ2v) is 8.94. The SMILES string of the molecule is CCOc1cc(/C=C(\C#N)C(=O)Nc2ccc(Br)cc2)cc(Br)c1OCc1ccc(C)cc1. The first-order valence-corrected chi connectivity index (χ1v) is 11.8. The summed E-state index contributed by atoms with van der Waals surface area (Å²) in [7, 11) is 0. The number of carbonyl (C=O) groups is 1. The quantitative estimate of drug-likeness (QED) is 0.233. The van der Waals surface area contributed by atoms with E-state index in [0.29, 0.717) is 40.4 Å². The molecule has 0 saturated heterocycles. The number of rotatable bonds is 8. The molecule has 3 aromatic rings. The van der Waals surface area contributed by atoms with Crippen LogP contribution < -0.4 is 14.8 Å². The van der Waals surface area contributed by atoms with Gasteiger partial charge in [-0.3, -0.25) is 4.79 Å². The fourth-order valence-electron chi connectivity index (χ4n) is 2.96. The molecule has 0 fully saturated rings. The van der Waals surface area contributed by atoms with Crippen molar-refractivity contribution in [3.63, 3.8) is 0 Å². The van der Waals surface area contributed by atoms with Crippen LogP contribution in [-0.4, -0.2) is 12.5 Å². The number of ether oxygens (including phenoxy) is 2. The highest BCUT2D eigenvalue weighted by molar-refractivity contribution is 9.10. The summed E-state index contributed by atoms with van der Waals surface area (Å²) in [5.41, 5.74) is 3.43. The summed E-state index contributed by atoms with van der Waals surface area (Å²) >= 11 is 6.90. The molecular formula is C26H22Br2N2O3. The number of hydrogen-bond donors (Lipinski definition) is 1. The Morgan fingerprint density at radius 3 is 2.39 bits per heavy atom. The number of anilines is 1. The van der Waals surface area contributed by atoms with E-state index in [2.05, 4.69) is 37.2 Å². The predicted molar refractivity (Wildman–Crippen MR) is 137 cm³/mol. The molecule has 0 aliphatic rings. The van der Waals surface area contributed by atoms with Crippen LogP contribution in [0.5, 0.6) is 11.5 Å². The topological polar surface area (TPSA) is 71.3 Å². The van der Waals surface area contributed by atoms with Crippen molar-refractivity contribution in [2.75, 3.05) is 11.9 Å². The Balaban J connectivity index is 1.83. The van der Waals surface area contributed by atoms with E-state index in [-0.39, 0.29) is 5.57 Å². The minimum Gasteiger partial charge on any atom is -0.490 e. The van der Waals surface area contributed by atoms with Gasteiger partial charge in [0, 0.05) is 10.2 Å². The summed E-state index contributed by atoms with van der Waals surface area (Å²) in [6.07, 6.45) is 1.52. The molecule has 0 spiro atoms. The van der Waals surface area contributed by atoms with Crippen molar-refractivity contribution >= 4 is 49.5 Å². The lowest BCUT2D eigenvalue weighted by atomic mass is 10.1. The largest absolute Gasteiger partial charge is 0.490 e. The van der Waals surface area contributed by atoms with E-state index < -0.39 is 5.91 Å². The average molecular weight is 570 g/mol. The molecule has 0 aliphatic carbocycles. The maximum absolute atomic E-state index is 12.6. The number of benzene rings is 3. The third kappa shape index (κ3) is 6.95. The molecule has 0 aromatic heterocycles. The highest BCUT2D eigenvalue weighted by atomic mass is 79.9. The molecule has 3 rings (SSSR count). The predicted octanol–water partition coefficient (Wildman–Crippen LogP) is 7.04. The highest BCUT2D eigenvalue weighted by Crippen LogP contribution is 2.38. The van der Waals surface area contributed by atoms with Gasteiger partial charge in [-0.15, -0.1) is 0 Å². The summed E-state index contributed by atoms with van der Waals surface area (Å²) in [5, 5.41) is 12.3. The van der Waals surface area contributed by atoms with Crippen LogP contribution in [0.3, 0.4) is 0 Å². The molecule has 0 aliphatic heterocycles. The third-order valence-corrected chi connectivity index (χ3v) is 5.73. The van der Waals surface area contributed by atoms with Crippen LogP contribution in [0.25, 0.3) is 6.08 Å². The summed E-state index contributed by atoms with van der Waals surface area (Å²) in [6.45, 7) is 4.74. The van der Waals surface area contributed by atoms with Crippen LogP contribution in [-0.2, 0) is 11.4 Å². The molecule has 0 unspecified atom stereocenters. The van der Waals surface area contributed by atoms with Gasteiger partial charge in [-0.1, -0.05) is 45.8 Å². The lowest BCUT2D eigenvalue weighted by Gasteiger charge is -2.15. The van der Waals surface area contributed by atoms with E-state index >= 15 is 0 Å². The van der Waals surface area contributed by atoms with E-state index in [4.69, 9.17) is 9.47 Å². The van der Waals surface area contributed by atoms with Gasteiger partial charge in [-0.2, -0.15) is 5.26 Å². The Hall–Kier alpha value is -3.08. The zero-order valence-electron chi connectivity index (χ0n) is 18.2. The minimum atomic E-state index is -0.492. The van der Waals surface area contributed by atoms with Crippen molar-refractivity contribution in [1.29, 1.82) is 5.26 Å². The van der Waals surface area contributed by atoms with Crippen LogP contribution in [0.2, 0.25) is 0 Å². The van der Waals surface area contributed by atoms with Crippen LogP contribution >= 0.6 is 31.9 Å². The number of nitriles is 1. The fraction of sp³-hybridized carbons (Fsp3) is 0.154. The maximum atomic E-state index is 12.6. The van der Waals surface area contributed by atoms with Gasteiger partial charge in [0.25, 0.3) is 5.91 Å². The third-order valence-electron chi connectivity index (χ3n) is 4.61. The van der Waals surface area contributed by atoms with Gasteiger partial charge in [0.05, 0.1) is 11.1 Å². The first-order valence-electron chi connectivity index (χ1n) is 10.2. The summed E-state index contributed by atoms with van der Waals surface area (Å²) in [4.78, 5) is 12.6. The number of carbonyl (C=O) groups excluding carboxylic acids is 1. The van der Waals surface area contributed by atoms with Gasteiger partial charge in [0.2, 0.25) is 0 Å². The second kappa shape index (κ2) is 11.7. The van der Waals surface area contributed by atoms with Crippen LogP contribution in [0, 0.1) is 18.3 Å². The van der Waals surface area contributed by atoms with Gasteiger partial charge in [0.1, 0.15) is 18.2 Å². The number of aryl methyl sites for hydroxylation is 1. The molecule has 1 N–H and O–H groups in total. The van der Waals surface area contributed by atoms with E-state index in [1.54, 1.807) is 24.3 Å². The molecule has 3 aromatic carbocycles. The molecular weight excluding hydrogens is 548 g/mol. The summed E-state index contributed by atoms with van der Waals surface area (Å²) in [5.74, 6) is 0.594. The molecule has 1 amide bonds. The van der Waals surface area contributed by atoms with Crippen LogP contribution in [0.15, 0.2) is 75.2 Å². The van der Waals surface area contributed by atoms with Gasteiger partial charge >= 0.3 is 0 Å². The molecule has 0 heterocycles. The Labute approximate surface area is 210 Å². The Bertz CT molecular complexity index is 1200. The van der Waals surface area contributed by atoms with Crippen molar-refractivity contribution < 1.29 is 14.3 Å². The van der Waals surface area contributed by atoms with Crippen molar-refractivity contribution in [3.8, 4) is 17.6 Å². The Morgan fingerprint density at radius 1 is 1.06 bits per heavy atom. The van der Waals surface area contributed by atoms with E-state index in [9.17, 15) is 10.1 Å². The van der Waals surface area contributed by atoms with E-state index in [1.807, 2.05) is 56.3 Å².